The van der Waals surface area contributed by atoms with Gasteiger partial charge in [-0.05, 0) is 42.7 Å². The second-order valence-corrected chi connectivity index (χ2v) is 6.74. The second-order valence-electron chi connectivity index (χ2n) is 5.82. The number of carbonyl (C=O) groups is 1. The van der Waals surface area contributed by atoms with Gasteiger partial charge in [-0.1, -0.05) is 40.2 Å². The van der Waals surface area contributed by atoms with Crippen LogP contribution in [-0.2, 0) is 11.3 Å². The van der Waals surface area contributed by atoms with Gasteiger partial charge in [0.05, 0.1) is 7.11 Å². The van der Waals surface area contributed by atoms with Gasteiger partial charge >= 0.3 is 0 Å². The van der Waals surface area contributed by atoms with Crippen molar-refractivity contribution in [1.29, 1.82) is 0 Å². The van der Waals surface area contributed by atoms with Gasteiger partial charge in [-0.15, -0.1) is 0 Å². The number of amides is 1. The molecule has 0 spiro atoms. The van der Waals surface area contributed by atoms with Crippen LogP contribution in [0.1, 0.15) is 18.4 Å². The maximum atomic E-state index is 12.6. The van der Waals surface area contributed by atoms with E-state index in [4.69, 9.17) is 9.47 Å². The number of carbonyl (C=O) groups excluding carboxylic acids is 1. The first-order chi connectivity index (χ1) is 11.7. The summed E-state index contributed by atoms with van der Waals surface area (Å²) in [6.45, 7) is 0.628. The van der Waals surface area contributed by atoms with Crippen LogP contribution in [0.3, 0.4) is 0 Å². The molecule has 1 amide bonds. The molecule has 0 N–H and O–H groups in total. The molecule has 2 aromatic rings. The summed E-state index contributed by atoms with van der Waals surface area (Å²) >= 11 is 3.48. The number of benzene rings is 2. The molecule has 1 aliphatic carbocycles. The summed E-state index contributed by atoms with van der Waals surface area (Å²) in [5, 5.41) is 0. The fraction of sp³-hybridized carbons (Fsp3) is 0.316. The molecule has 0 aromatic heterocycles. The lowest BCUT2D eigenvalue weighted by molar-refractivity contribution is -0.134. The number of nitrogens with zero attached hydrogens (tertiary/aromatic N) is 1. The molecule has 0 saturated heterocycles. The number of ether oxygens (including phenoxy) is 2. The quantitative estimate of drug-likeness (QED) is 0.717. The molecule has 126 valence electrons. The van der Waals surface area contributed by atoms with Crippen molar-refractivity contribution in [2.45, 2.75) is 25.4 Å². The zero-order valence-electron chi connectivity index (χ0n) is 13.6. The molecule has 0 unspecified atom stereocenters. The van der Waals surface area contributed by atoms with Gasteiger partial charge in [0.2, 0.25) is 0 Å². The van der Waals surface area contributed by atoms with Gasteiger partial charge in [0.15, 0.2) is 18.1 Å². The molecule has 1 fully saturated rings. The van der Waals surface area contributed by atoms with Gasteiger partial charge in [0.25, 0.3) is 5.91 Å². The lowest BCUT2D eigenvalue weighted by Gasteiger charge is -2.23. The summed E-state index contributed by atoms with van der Waals surface area (Å²) in [6.07, 6.45) is 2.13. The molecule has 1 saturated carbocycles. The fourth-order valence-electron chi connectivity index (χ4n) is 2.60. The topological polar surface area (TPSA) is 38.8 Å². The summed E-state index contributed by atoms with van der Waals surface area (Å²) < 4.78 is 12.0. The van der Waals surface area contributed by atoms with Crippen LogP contribution in [0.2, 0.25) is 0 Å². The van der Waals surface area contributed by atoms with Gasteiger partial charge in [0, 0.05) is 17.1 Å². The third-order valence-corrected chi connectivity index (χ3v) is 4.46. The highest BCUT2D eigenvalue weighted by molar-refractivity contribution is 9.10. The standard InChI is InChI=1S/C19H20BrNO3/c1-23-17-7-2-3-8-18(17)24-13-19(22)21(16-9-10-16)12-14-5-4-6-15(20)11-14/h2-8,11,16H,9-10,12-13H2,1H3. The van der Waals surface area contributed by atoms with Crippen LogP contribution in [0.4, 0.5) is 0 Å². The van der Waals surface area contributed by atoms with Gasteiger partial charge in [-0.2, -0.15) is 0 Å². The van der Waals surface area contributed by atoms with E-state index < -0.39 is 0 Å². The van der Waals surface area contributed by atoms with Crippen LogP contribution in [0.15, 0.2) is 53.0 Å². The van der Waals surface area contributed by atoms with Crippen LogP contribution >= 0.6 is 15.9 Å². The van der Waals surface area contributed by atoms with Gasteiger partial charge in [-0.3, -0.25) is 4.79 Å². The van der Waals surface area contributed by atoms with Gasteiger partial charge in [-0.25, -0.2) is 0 Å². The van der Waals surface area contributed by atoms with Crippen LogP contribution in [0.25, 0.3) is 0 Å². The Labute approximate surface area is 150 Å². The molecule has 0 aliphatic heterocycles. The average Bonchev–Trinajstić information content (AvgIpc) is 3.43. The summed E-state index contributed by atoms with van der Waals surface area (Å²) in [6, 6.07) is 15.7. The molecule has 0 atom stereocenters. The fourth-order valence-corrected chi connectivity index (χ4v) is 3.05. The van der Waals surface area contributed by atoms with E-state index in [0.29, 0.717) is 24.1 Å². The molecular formula is C19H20BrNO3. The van der Waals surface area contributed by atoms with Crippen LogP contribution in [-0.4, -0.2) is 30.6 Å². The van der Waals surface area contributed by atoms with Gasteiger partial charge in [0.1, 0.15) is 0 Å². The highest BCUT2D eigenvalue weighted by Crippen LogP contribution is 2.30. The van der Waals surface area contributed by atoms with Crippen molar-refractivity contribution in [3.8, 4) is 11.5 Å². The van der Waals surface area contributed by atoms with E-state index in [1.54, 1.807) is 7.11 Å². The molecule has 0 radical (unpaired) electrons. The Morgan fingerprint density at radius 1 is 1.17 bits per heavy atom. The van der Waals surface area contributed by atoms with Crippen molar-refractivity contribution < 1.29 is 14.3 Å². The smallest absolute Gasteiger partial charge is 0.261 e. The number of halogens is 1. The van der Waals surface area contributed by atoms with E-state index >= 15 is 0 Å². The summed E-state index contributed by atoms with van der Waals surface area (Å²) in [5.74, 6) is 1.23. The first-order valence-electron chi connectivity index (χ1n) is 7.97. The Balaban J connectivity index is 1.64. The minimum Gasteiger partial charge on any atom is -0.493 e. The normalized spacial score (nSPS) is 13.4. The summed E-state index contributed by atoms with van der Waals surface area (Å²) in [5.41, 5.74) is 1.11. The van der Waals surface area contributed by atoms with Crippen molar-refractivity contribution in [1.82, 2.24) is 4.90 Å². The molecule has 24 heavy (non-hydrogen) atoms. The predicted octanol–water partition coefficient (Wildman–Crippen LogP) is 4.03. The molecule has 5 heteroatoms. The second kappa shape index (κ2) is 7.71. The molecule has 0 bridgehead atoms. The zero-order chi connectivity index (χ0) is 16.9. The molecule has 1 aliphatic rings. The zero-order valence-corrected chi connectivity index (χ0v) is 15.2. The van der Waals surface area contributed by atoms with Crippen LogP contribution < -0.4 is 9.47 Å². The van der Waals surface area contributed by atoms with E-state index in [9.17, 15) is 4.79 Å². The van der Waals surface area contributed by atoms with Crippen molar-refractivity contribution >= 4 is 21.8 Å². The van der Waals surface area contributed by atoms with E-state index in [0.717, 1.165) is 22.9 Å². The summed E-state index contributed by atoms with van der Waals surface area (Å²) in [7, 11) is 1.59. The Bertz CT molecular complexity index is 715. The Morgan fingerprint density at radius 2 is 1.92 bits per heavy atom. The number of hydrogen-bond donors (Lipinski definition) is 0. The number of para-hydroxylation sites is 2. The largest absolute Gasteiger partial charge is 0.493 e. The Hall–Kier alpha value is -2.01. The highest BCUT2D eigenvalue weighted by atomic mass is 79.9. The third-order valence-electron chi connectivity index (χ3n) is 3.97. The average molecular weight is 390 g/mol. The van der Waals surface area contributed by atoms with E-state index in [2.05, 4.69) is 15.9 Å². The number of methoxy groups -OCH3 is 1. The SMILES string of the molecule is COc1ccccc1OCC(=O)N(Cc1cccc(Br)c1)C1CC1. The van der Waals surface area contributed by atoms with Gasteiger partial charge < -0.3 is 14.4 Å². The molecule has 4 nitrogen and oxygen atoms in total. The number of rotatable bonds is 7. The molecular weight excluding hydrogens is 370 g/mol. The summed E-state index contributed by atoms with van der Waals surface area (Å²) in [4.78, 5) is 14.5. The van der Waals surface area contributed by atoms with Crippen LogP contribution in [0, 0.1) is 0 Å². The van der Waals surface area contributed by atoms with Crippen molar-refractivity contribution in [2.24, 2.45) is 0 Å². The van der Waals surface area contributed by atoms with E-state index in [1.807, 2.05) is 53.4 Å². The van der Waals surface area contributed by atoms with E-state index in [-0.39, 0.29) is 12.5 Å². The lowest BCUT2D eigenvalue weighted by atomic mass is 10.2. The lowest BCUT2D eigenvalue weighted by Crippen LogP contribution is -2.36. The minimum absolute atomic E-state index is 0.00313. The molecule has 0 heterocycles. The van der Waals surface area contributed by atoms with E-state index in [1.165, 1.54) is 0 Å². The van der Waals surface area contributed by atoms with Crippen LogP contribution in [0.5, 0.6) is 11.5 Å². The number of hydrogen-bond acceptors (Lipinski definition) is 3. The third kappa shape index (κ3) is 4.29. The highest BCUT2D eigenvalue weighted by Gasteiger charge is 2.32. The van der Waals surface area contributed by atoms with Crippen molar-refractivity contribution in [3.63, 3.8) is 0 Å². The van der Waals surface area contributed by atoms with Crippen molar-refractivity contribution in [3.05, 3.63) is 58.6 Å². The maximum absolute atomic E-state index is 12.6. The minimum atomic E-state index is 0.00313. The first kappa shape index (κ1) is 16.8. The Kier molecular flexibility index (Phi) is 5.41. The monoisotopic (exact) mass is 389 g/mol. The first-order valence-corrected chi connectivity index (χ1v) is 8.76. The molecule has 3 rings (SSSR count). The molecule has 2 aromatic carbocycles. The maximum Gasteiger partial charge on any atom is 0.261 e. The predicted molar refractivity (Wildman–Crippen MR) is 96.2 cm³/mol. The Morgan fingerprint density at radius 3 is 2.58 bits per heavy atom. The van der Waals surface area contributed by atoms with Crippen molar-refractivity contribution in [2.75, 3.05) is 13.7 Å².